The molecule has 1 heterocycles. The van der Waals surface area contributed by atoms with E-state index >= 15 is 0 Å². The summed E-state index contributed by atoms with van der Waals surface area (Å²) >= 11 is 0. The van der Waals surface area contributed by atoms with Crippen LogP contribution in [0.4, 0.5) is 0 Å². The van der Waals surface area contributed by atoms with E-state index in [2.05, 4.69) is 10.2 Å². The van der Waals surface area contributed by atoms with Gasteiger partial charge in [0, 0.05) is 6.54 Å². The molecule has 13 heavy (non-hydrogen) atoms. The van der Waals surface area contributed by atoms with Crippen LogP contribution in [0.1, 0.15) is 5.56 Å². The summed E-state index contributed by atoms with van der Waals surface area (Å²) in [5.74, 6) is 0. The van der Waals surface area contributed by atoms with Gasteiger partial charge in [-0.1, -0.05) is 18.2 Å². The number of benzene rings is 1. The lowest BCUT2D eigenvalue weighted by molar-refractivity contribution is 0.981. The van der Waals surface area contributed by atoms with Crippen LogP contribution in [0.25, 0.3) is 5.69 Å². The topological polar surface area (TPSA) is 56.7 Å². The molecule has 0 atom stereocenters. The summed E-state index contributed by atoms with van der Waals surface area (Å²) in [6, 6.07) is 7.92. The Balaban J connectivity index is 2.51. The molecule has 1 aromatic heterocycles. The standard InChI is InChI=1S/C9H10N4/c10-5-8-3-1-2-4-9(8)13-6-11-12-7-13/h1-4,6-7H,5,10H2. The first-order valence-corrected chi connectivity index (χ1v) is 4.05. The first kappa shape index (κ1) is 7.94. The van der Waals surface area contributed by atoms with E-state index in [-0.39, 0.29) is 0 Å². The highest BCUT2D eigenvalue weighted by Crippen LogP contribution is 2.12. The third kappa shape index (κ3) is 1.43. The highest BCUT2D eigenvalue weighted by Gasteiger charge is 2.00. The van der Waals surface area contributed by atoms with Gasteiger partial charge in [-0.25, -0.2) is 0 Å². The van der Waals surface area contributed by atoms with Crippen molar-refractivity contribution in [3.8, 4) is 5.69 Å². The van der Waals surface area contributed by atoms with Crippen LogP contribution in [-0.2, 0) is 6.54 Å². The van der Waals surface area contributed by atoms with Gasteiger partial charge in [-0.2, -0.15) is 0 Å². The van der Waals surface area contributed by atoms with E-state index in [4.69, 9.17) is 5.73 Å². The first-order valence-electron chi connectivity index (χ1n) is 4.05. The summed E-state index contributed by atoms with van der Waals surface area (Å²) in [5.41, 5.74) is 7.73. The number of hydrogen-bond acceptors (Lipinski definition) is 3. The Hall–Kier alpha value is -1.68. The zero-order valence-electron chi connectivity index (χ0n) is 7.09. The largest absolute Gasteiger partial charge is 0.326 e. The van der Waals surface area contributed by atoms with Gasteiger partial charge in [-0.3, -0.25) is 4.57 Å². The lowest BCUT2D eigenvalue weighted by Gasteiger charge is -2.06. The Morgan fingerprint density at radius 2 is 1.85 bits per heavy atom. The van der Waals surface area contributed by atoms with Crippen LogP contribution in [0.15, 0.2) is 36.9 Å². The summed E-state index contributed by atoms with van der Waals surface area (Å²) < 4.78 is 1.85. The molecule has 0 aliphatic carbocycles. The van der Waals surface area contributed by atoms with E-state index in [1.165, 1.54) is 0 Å². The van der Waals surface area contributed by atoms with Crippen molar-refractivity contribution in [3.05, 3.63) is 42.5 Å². The van der Waals surface area contributed by atoms with Crippen molar-refractivity contribution in [2.75, 3.05) is 0 Å². The van der Waals surface area contributed by atoms with Crippen molar-refractivity contribution >= 4 is 0 Å². The van der Waals surface area contributed by atoms with Crippen LogP contribution >= 0.6 is 0 Å². The minimum Gasteiger partial charge on any atom is -0.326 e. The SMILES string of the molecule is NCc1ccccc1-n1cnnc1. The van der Waals surface area contributed by atoms with Gasteiger partial charge >= 0.3 is 0 Å². The van der Waals surface area contributed by atoms with E-state index < -0.39 is 0 Å². The average Bonchev–Trinajstić information content (AvgIpc) is 2.70. The van der Waals surface area contributed by atoms with E-state index in [0.29, 0.717) is 6.54 Å². The Morgan fingerprint density at radius 1 is 1.15 bits per heavy atom. The van der Waals surface area contributed by atoms with Gasteiger partial charge in [0.1, 0.15) is 12.7 Å². The Morgan fingerprint density at radius 3 is 2.54 bits per heavy atom. The molecule has 2 aromatic rings. The van der Waals surface area contributed by atoms with Crippen LogP contribution in [-0.4, -0.2) is 14.8 Å². The van der Waals surface area contributed by atoms with Gasteiger partial charge in [-0.05, 0) is 11.6 Å². The van der Waals surface area contributed by atoms with E-state index in [0.717, 1.165) is 11.3 Å². The molecule has 0 aliphatic heterocycles. The number of para-hydroxylation sites is 1. The molecule has 0 bridgehead atoms. The molecule has 0 spiro atoms. The third-order valence-corrected chi connectivity index (χ3v) is 1.91. The second-order valence-corrected chi connectivity index (χ2v) is 2.70. The van der Waals surface area contributed by atoms with Crippen LogP contribution in [0.2, 0.25) is 0 Å². The molecular weight excluding hydrogens is 164 g/mol. The second-order valence-electron chi connectivity index (χ2n) is 2.70. The number of aromatic nitrogens is 3. The second kappa shape index (κ2) is 3.37. The molecule has 0 fully saturated rings. The van der Waals surface area contributed by atoms with E-state index in [1.807, 2.05) is 28.8 Å². The molecule has 0 aliphatic rings. The molecule has 0 radical (unpaired) electrons. The summed E-state index contributed by atoms with van der Waals surface area (Å²) in [6.45, 7) is 0.522. The fourth-order valence-corrected chi connectivity index (χ4v) is 1.26. The zero-order chi connectivity index (χ0) is 9.10. The van der Waals surface area contributed by atoms with Crippen LogP contribution < -0.4 is 5.73 Å². The maximum Gasteiger partial charge on any atom is 0.123 e. The normalized spacial score (nSPS) is 10.2. The van der Waals surface area contributed by atoms with Gasteiger partial charge in [0.05, 0.1) is 5.69 Å². The molecule has 0 amide bonds. The van der Waals surface area contributed by atoms with Crippen molar-refractivity contribution in [1.82, 2.24) is 14.8 Å². The molecule has 1 aromatic carbocycles. The Bertz CT molecular complexity index is 380. The zero-order valence-corrected chi connectivity index (χ0v) is 7.09. The predicted molar refractivity (Wildman–Crippen MR) is 49.3 cm³/mol. The van der Waals surface area contributed by atoms with Crippen molar-refractivity contribution < 1.29 is 0 Å². The van der Waals surface area contributed by atoms with Crippen molar-refractivity contribution in [2.24, 2.45) is 5.73 Å². The molecule has 0 unspecified atom stereocenters. The van der Waals surface area contributed by atoms with Gasteiger partial charge in [0.2, 0.25) is 0 Å². The average molecular weight is 174 g/mol. The minimum absolute atomic E-state index is 0.522. The minimum atomic E-state index is 0.522. The molecule has 0 saturated heterocycles. The highest BCUT2D eigenvalue weighted by atomic mass is 15.2. The summed E-state index contributed by atoms with van der Waals surface area (Å²) in [5, 5.41) is 7.49. The van der Waals surface area contributed by atoms with Crippen LogP contribution in [0.3, 0.4) is 0 Å². The Kier molecular flexibility index (Phi) is 2.06. The fraction of sp³-hybridized carbons (Fsp3) is 0.111. The Labute approximate surface area is 76.0 Å². The van der Waals surface area contributed by atoms with Crippen molar-refractivity contribution in [1.29, 1.82) is 0 Å². The van der Waals surface area contributed by atoms with Gasteiger partial charge in [-0.15, -0.1) is 10.2 Å². The first-order chi connectivity index (χ1) is 6.42. The van der Waals surface area contributed by atoms with Crippen LogP contribution in [0, 0.1) is 0 Å². The van der Waals surface area contributed by atoms with Gasteiger partial charge in [0.15, 0.2) is 0 Å². The molecule has 2 rings (SSSR count). The number of nitrogens with zero attached hydrogens (tertiary/aromatic N) is 3. The predicted octanol–water partition coefficient (Wildman–Crippen LogP) is 0.726. The van der Waals surface area contributed by atoms with Crippen LogP contribution in [0.5, 0.6) is 0 Å². The maximum atomic E-state index is 5.60. The van der Waals surface area contributed by atoms with Gasteiger partial charge < -0.3 is 5.73 Å². The molecule has 4 heteroatoms. The van der Waals surface area contributed by atoms with E-state index in [1.54, 1.807) is 12.7 Å². The highest BCUT2D eigenvalue weighted by molar-refractivity contribution is 5.40. The quantitative estimate of drug-likeness (QED) is 0.730. The lowest BCUT2D eigenvalue weighted by atomic mass is 10.2. The molecule has 2 N–H and O–H groups in total. The fourth-order valence-electron chi connectivity index (χ4n) is 1.26. The molecule has 66 valence electrons. The lowest BCUT2D eigenvalue weighted by Crippen LogP contribution is -2.02. The third-order valence-electron chi connectivity index (χ3n) is 1.91. The molecule has 0 saturated carbocycles. The maximum absolute atomic E-state index is 5.60. The number of rotatable bonds is 2. The molecular formula is C9H10N4. The number of hydrogen-bond donors (Lipinski definition) is 1. The monoisotopic (exact) mass is 174 g/mol. The van der Waals surface area contributed by atoms with Crippen molar-refractivity contribution in [2.45, 2.75) is 6.54 Å². The van der Waals surface area contributed by atoms with E-state index in [9.17, 15) is 0 Å². The molecule has 4 nitrogen and oxygen atoms in total. The van der Waals surface area contributed by atoms with Gasteiger partial charge in [0.25, 0.3) is 0 Å². The summed E-state index contributed by atoms with van der Waals surface area (Å²) in [7, 11) is 0. The summed E-state index contributed by atoms with van der Waals surface area (Å²) in [4.78, 5) is 0. The number of nitrogens with two attached hydrogens (primary N) is 1. The van der Waals surface area contributed by atoms with Crippen molar-refractivity contribution in [3.63, 3.8) is 0 Å². The summed E-state index contributed by atoms with van der Waals surface area (Å²) in [6.07, 6.45) is 3.32. The smallest absolute Gasteiger partial charge is 0.123 e.